The fourth-order valence-electron chi connectivity index (χ4n) is 3.88. The Balaban J connectivity index is 1.38. The summed E-state index contributed by atoms with van der Waals surface area (Å²) in [5, 5.41) is 0.190. The number of halogens is 1. The fraction of sp³-hybridized carbons (Fsp3) is 0.320. The van der Waals surface area contributed by atoms with Crippen LogP contribution in [0.3, 0.4) is 0 Å². The number of rotatable bonds is 7. The number of ether oxygens (including phenoxy) is 1. The largest absolute Gasteiger partial charge is 0.383 e. The van der Waals surface area contributed by atoms with E-state index in [0.717, 1.165) is 42.5 Å². The van der Waals surface area contributed by atoms with Gasteiger partial charge in [0, 0.05) is 50.4 Å². The predicted molar refractivity (Wildman–Crippen MR) is 134 cm³/mol. The number of benzene rings is 2. The van der Waals surface area contributed by atoms with Gasteiger partial charge in [-0.2, -0.15) is 0 Å². The molecule has 2 fully saturated rings. The summed E-state index contributed by atoms with van der Waals surface area (Å²) in [5.74, 6) is -0.348. The van der Waals surface area contributed by atoms with Crippen LogP contribution in [-0.2, 0) is 16.1 Å². The Kier molecular flexibility index (Phi) is 8.05. The van der Waals surface area contributed by atoms with Crippen molar-refractivity contribution < 1.29 is 19.1 Å². The minimum absolute atomic E-state index is 0.00185. The van der Waals surface area contributed by atoms with Crippen LogP contribution in [0.1, 0.15) is 21.5 Å². The van der Waals surface area contributed by atoms with Gasteiger partial charge >= 0.3 is 0 Å². The van der Waals surface area contributed by atoms with Crippen LogP contribution in [0, 0.1) is 0 Å². The van der Waals surface area contributed by atoms with Crippen LogP contribution in [0.4, 0.5) is 4.79 Å². The third-order valence-electron chi connectivity index (χ3n) is 5.89. The molecule has 2 aromatic rings. The first kappa shape index (κ1) is 24.5. The molecule has 34 heavy (non-hydrogen) atoms. The summed E-state index contributed by atoms with van der Waals surface area (Å²) in [7, 11) is 1.69. The number of amides is 3. The molecule has 0 spiro atoms. The maximum atomic E-state index is 12.9. The zero-order valence-electron chi connectivity index (χ0n) is 18.9. The van der Waals surface area contributed by atoms with Crippen molar-refractivity contribution in [2.24, 2.45) is 0 Å². The number of imide groups is 1. The number of methoxy groups -OCH3 is 1. The molecule has 0 unspecified atom stereocenters. The van der Waals surface area contributed by atoms with Crippen LogP contribution >= 0.6 is 23.4 Å². The standard InChI is InChI=1S/C25H26ClN3O4S/c1-33-15-14-27-10-12-28(13-11-27)23(30)19-8-6-18(7-9-19)16-22-24(31)29(25(32)34-22)17-20-4-2-3-5-21(20)26/h2-9,16H,10-15,17H2,1H3. The topological polar surface area (TPSA) is 70.2 Å². The average molecular weight is 500 g/mol. The van der Waals surface area contributed by atoms with Gasteiger partial charge in [-0.15, -0.1) is 0 Å². The Morgan fingerprint density at radius 3 is 2.44 bits per heavy atom. The summed E-state index contributed by atoms with van der Waals surface area (Å²) in [6.45, 7) is 4.72. The van der Waals surface area contributed by atoms with Crippen molar-refractivity contribution in [1.29, 1.82) is 0 Å². The van der Waals surface area contributed by atoms with E-state index in [-0.39, 0.29) is 23.6 Å². The predicted octanol–water partition coefficient (Wildman–Crippen LogP) is 3.98. The fourth-order valence-corrected chi connectivity index (χ4v) is 4.92. The summed E-state index contributed by atoms with van der Waals surface area (Å²) >= 11 is 7.09. The highest BCUT2D eigenvalue weighted by molar-refractivity contribution is 8.18. The molecular formula is C25H26ClN3O4S. The molecule has 2 heterocycles. The molecule has 0 aliphatic carbocycles. The maximum Gasteiger partial charge on any atom is 0.293 e. The molecule has 0 atom stereocenters. The van der Waals surface area contributed by atoms with Crippen molar-refractivity contribution in [2.45, 2.75) is 6.54 Å². The summed E-state index contributed by atoms with van der Waals surface area (Å²) in [6.07, 6.45) is 1.68. The number of piperazine rings is 1. The Morgan fingerprint density at radius 1 is 1.06 bits per heavy atom. The van der Waals surface area contributed by atoms with E-state index in [2.05, 4.69) is 4.90 Å². The second kappa shape index (κ2) is 11.2. The van der Waals surface area contributed by atoms with Crippen LogP contribution in [0.5, 0.6) is 0 Å². The van der Waals surface area contributed by atoms with Crippen LogP contribution in [-0.4, -0.2) is 78.2 Å². The first-order chi connectivity index (χ1) is 16.5. The Hall–Kier alpha value is -2.65. The molecule has 2 aliphatic rings. The van der Waals surface area contributed by atoms with Gasteiger partial charge in [-0.05, 0) is 47.2 Å². The molecule has 2 aliphatic heterocycles. The average Bonchev–Trinajstić information content (AvgIpc) is 3.11. The van der Waals surface area contributed by atoms with E-state index >= 15 is 0 Å². The molecule has 9 heteroatoms. The summed E-state index contributed by atoms with van der Waals surface area (Å²) < 4.78 is 5.12. The van der Waals surface area contributed by atoms with Crippen molar-refractivity contribution in [3.8, 4) is 0 Å². The monoisotopic (exact) mass is 499 g/mol. The van der Waals surface area contributed by atoms with Crippen LogP contribution in [0.2, 0.25) is 5.02 Å². The normalized spacial score (nSPS) is 18.2. The molecule has 0 N–H and O–H groups in total. The SMILES string of the molecule is COCCN1CCN(C(=O)c2ccc(C=C3SC(=O)N(Cc4ccccc4Cl)C3=O)cc2)CC1. The molecule has 0 aromatic heterocycles. The quantitative estimate of drug-likeness (QED) is 0.537. The lowest BCUT2D eigenvalue weighted by Crippen LogP contribution is -2.49. The van der Waals surface area contributed by atoms with Gasteiger partial charge in [0.1, 0.15) is 0 Å². The number of carbonyl (C=O) groups excluding carboxylic acids is 3. The van der Waals surface area contributed by atoms with E-state index in [0.29, 0.717) is 35.2 Å². The van der Waals surface area contributed by atoms with Gasteiger partial charge in [-0.25, -0.2) is 0 Å². The van der Waals surface area contributed by atoms with E-state index in [1.54, 1.807) is 55.7 Å². The lowest BCUT2D eigenvalue weighted by atomic mass is 10.1. The van der Waals surface area contributed by atoms with E-state index in [1.807, 2.05) is 11.0 Å². The Labute approximate surface area is 208 Å². The van der Waals surface area contributed by atoms with Gasteiger partial charge in [0.2, 0.25) is 0 Å². The maximum absolute atomic E-state index is 12.9. The van der Waals surface area contributed by atoms with Crippen LogP contribution in [0.15, 0.2) is 53.4 Å². The number of carbonyl (C=O) groups is 3. The van der Waals surface area contributed by atoms with Crippen molar-refractivity contribution >= 4 is 46.5 Å². The van der Waals surface area contributed by atoms with E-state index in [9.17, 15) is 14.4 Å². The number of nitrogens with zero attached hydrogens (tertiary/aromatic N) is 3. The van der Waals surface area contributed by atoms with Crippen molar-refractivity contribution in [3.05, 3.63) is 75.1 Å². The lowest BCUT2D eigenvalue weighted by Gasteiger charge is -2.34. The number of thioether (sulfide) groups is 1. The molecule has 7 nitrogen and oxygen atoms in total. The van der Waals surface area contributed by atoms with Crippen molar-refractivity contribution in [3.63, 3.8) is 0 Å². The van der Waals surface area contributed by atoms with E-state index in [1.165, 1.54) is 4.90 Å². The zero-order valence-corrected chi connectivity index (χ0v) is 20.5. The van der Waals surface area contributed by atoms with Crippen molar-refractivity contribution in [1.82, 2.24) is 14.7 Å². The van der Waals surface area contributed by atoms with Gasteiger partial charge < -0.3 is 9.64 Å². The highest BCUT2D eigenvalue weighted by Crippen LogP contribution is 2.34. The molecule has 2 aromatic carbocycles. The van der Waals surface area contributed by atoms with Gasteiger partial charge in [0.15, 0.2) is 0 Å². The highest BCUT2D eigenvalue weighted by atomic mass is 35.5. The highest BCUT2D eigenvalue weighted by Gasteiger charge is 2.35. The van der Waals surface area contributed by atoms with Crippen LogP contribution in [0.25, 0.3) is 6.08 Å². The lowest BCUT2D eigenvalue weighted by molar-refractivity contribution is -0.123. The summed E-state index contributed by atoms with van der Waals surface area (Å²) in [4.78, 5) is 43.8. The second-order valence-electron chi connectivity index (χ2n) is 8.11. The van der Waals surface area contributed by atoms with Gasteiger partial charge in [0.25, 0.3) is 17.1 Å². The third-order valence-corrected chi connectivity index (χ3v) is 7.16. The molecular weight excluding hydrogens is 474 g/mol. The molecule has 4 rings (SSSR count). The van der Waals surface area contributed by atoms with Gasteiger partial charge in [-0.1, -0.05) is 41.9 Å². The smallest absolute Gasteiger partial charge is 0.293 e. The third kappa shape index (κ3) is 5.70. The minimum atomic E-state index is -0.346. The summed E-state index contributed by atoms with van der Waals surface area (Å²) in [6, 6.07) is 14.3. The van der Waals surface area contributed by atoms with Gasteiger partial charge in [0.05, 0.1) is 18.1 Å². The minimum Gasteiger partial charge on any atom is -0.383 e. The van der Waals surface area contributed by atoms with Crippen LogP contribution < -0.4 is 0 Å². The van der Waals surface area contributed by atoms with E-state index < -0.39 is 0 Å². The first-order valence-electron chi connectivity index (χ1n) is 11.1. The molecule has 2 saturated heterocycles. The number of hydrogen-bond donors (Lipinski definition) is 0. The number of hydrogen-bond acceptors (Lipinski definition) is 6. The van der Waals surface area contributed by atoms with E-state index in [4.69, 9.17) is 16.3 Å². The Morgan fingerprint density at radius 2 is 1.76 bits per heavy atom. The molecule has 3 amide bonds. The molecule has 178 valence electrons. The molecule has 0 radical (unpaired) electrons. The second-order valence-corrected chi connectivity index (χ2v) is 9.51. The molecule has 0 bridgehead atoms. The zero-order chi connectivity index (χ0) is 24.1. The summed E-state index contributed by atoms with van der Waals surface area (Å²) in [5.41, 5.74) is 2.08. The van der Waals surface area contributed by atoms with Crippen molar-refractivity contribution in [2.75, 3.05) is 46.4 Å². The van der Waals surface area contributed by atoms with Gasteiger partial charge in [-0.3, -0.25) is 24.2 Å². The first-order valence-corrected chi connectivity index (χ1v) is 12.2. The molecule has 0 saturated carbocycles. The Bertz CT molecular complexity index is 1100.